The molecule has 0 saturated heterocycles. The highest BCUT2D eigenvalue weighted by Gasteiger charge is 2.11. The summed E-state index contributed by atoms with van der Waals surface area (Å²) in [5.41, 5.74) is 8.17. The molecule has 0 unspecified atom stereocenters. The van der Waals surface area contributed by atoms with Gasteiger partial charge in [-0.15, -0.1) is 0 Å². The van der Waals surface area contributed by atoms with Crippen molar-refractivity contribution in [3.63, 3.8) is 0 Å². The normalized spacial score (nSPS) is 10.4. The molecule has 2 amide bonds. The fourth-order valence-electron chi connectivity index (χ4n) is 2.85. The van der Waals surface area contributed by atoms with Crippen molar-refractivity contribution in [1.29, 1.82) is 0 Å². The van der Waals surface area contributed by atoms with Gasteiger partial charge in [0.1, 0.15) is 11.6 Å². The number of nitrogens with zero attached hydrogens (tertiary/aromatic N) is 2. The van der Waals surface area contributed by atoms with Crippen LogP contribution in [0.4, 0.5) is 27.3 Å². The van der Waals surface area contributed by atoms with E-state index in [1.807, 2.05) is 6.92 Å². The zero-order valence-electron chi connectivity index (χ0n) is 17.0. The minimum Gasteiger partial charge on any atom is -0.380 e. The number of carbonyl (C=O) groups excluding carboxylic acids is 2. The third-order valence-electron chi connectivity index (χ3n) is 4.33. The molecule has 0 saturated carbocycles. The molecule has 1 aromatic carbocycles. The van der Waals surface area contributed by atoms with Gasteiger partial charge >= 0.3 is 0 Å². The van der Waals surface area contributed by atoms with Gasteiger partial charge in [0.05, 0.1) is 17.4 Å². The molecule has 9 heteroatoms. The van der Waals surface area contributed by atoms with Crippen LogP contribution in [0.5, 0.6) is 0 Å². The van der Waals surface area contributed by atoms with Gasteiger partial charge in [-0.2, -0.15) is 0 Å². The molecule has 0 bridgehead atoms. The summed E-state index contributed by atoms with van der Waals surface area (Å²) in [5.74, 6) is -0.629. The van der Waals surface area contributed by atoms with Crippen LogP contribution in [0.2, 0.25) is 0 Å². The van der Waals surface area contributed by atoms with Gasteiger partial charge in [0, 0.05) is 42.8 Å². The van der Waals surface area contributed by atoms with E-state index in [0.29, 0.717) is 29.2 Å². The lowest BCUT2D eigenvalue weighted by atomic mass is 10.2. The van der Waals surface area contributed by atoms with Crippen molar-refractivity contribution in [1.82, 2.24) is 9.97 Å². The van der Waals surface area contributed by atoms with Gasteiger partial charge in [0.25, 0.3) is 5.91 Å². The number of carbonyl (C=O) groups is 2. The Morgan fingerprint density at radius 3 is 2.48 bits per heavy atom. The van der Waals surface area contributed by atoms with E-state index >= 15 is 0 Å². The third kappa shape index (κ3) is 6.23. The lowest BCUT2D eigenvalue weighted by Crippen LogP contribution is -2.15. The summed E-state index contributed by atoms with van der Waals surface area (Å²) >= 11 is 0. The molecule has 31 heavy (non-hydrogen) atoms. The number of amides is 2. The number of benzene rings is 1. The molecule has 0 radical (unpaired) electrons. The Hall–Kier alpha value is -4.01. The van der Waals surface area contributed by atoms with Gasteiger partial charge < -0.3 is 21.7 Å². The average Bonchev–Trinajstić information content (AvgIpc) is 2.74. The smallest absolute Gasteiger partial charge is 0.252 e. The van der Waals surface area contributed by atoms with Crippen LogP contribution >= 0.6 is 0 Å². The monoisotopic (exact) mass is 422 g/mol. The van der Waals surface area contributed by atoms with Crippen molar-refractivity contribution in [2.75, 3.05) is 16.0 Å². The fourth-order valence-corrected chi connectivity index (χ4v) is 2.85. The summed E-state index contributed by atoms with van der Waals surface area (Å²) in [6.45, 7) is 2.20. The van der Waals surface area contributed by atoms with Crippen molar-refractivity contribution in [2.45, 2.75) is 26.3 Å². The van der Waals surface area contributed by atoms with Crippen molar-refractivity contribution in [3.8, 4) is 0 Å². The molecule has 0 fully saturated rings. The van der Waals surface area contributed by atoms with Crippen molar-refractivity contribution < 1.29 is 14.0 Å². The van der Waals surface area contributed by atoms with Crippen LogP contribution < -0.4 is 21.7 Å². The molecule has 5 N–H and O–H groups in total. The van der Waals surface area contributed by atoms with E-state index in [9.17, 15) is 14.0 Å². The first-order valence-corrected chi connectivity index (χ1v) is 9.74. The Balaban J connectivity index is 1.72. The van der Waals surface area contributed by atoms with Crippen LogP contribution in [0.1, 0.15) is 35.7 Å². The molecule has 2 heterocycles. The number of hydrogen-bond donors (Lipinski definition) is 4. The number of nitrogens with one attached hydrogen (secondary N) is 3. The fraction of sp³-hybridized carbons (Fsp3) is 0.182. The Morgan fingerprint density at radius 2 is 1.81 bits per heavy atom. The predicted molar refractivity (Wildman–Crippen MR) is 118 cm³/mol. The minimum atomic E-state index is -0.633. The zero-order valence-corrected chi connectivity index (χ0v) is 17.0. The van der Waals surface area contributed by atoms with Gasteiger partial charge in [0.2, 0.25) is 5.91 Å². The highest BCUT2D eigenvalue weighted by molar-refractivity contribution is 5.98. The van der Waals surface area contributed by atoms with E-state index in [4.69, 9.17) is 5.73 Å². The van der Waals surface area contributed by atoms with Crippen molar-refractivity contribution in [2.24, 2.45) is 5.73 Å². The highest BCUT2D eigenvalue weighted by Crippen LogP contribution is 2.23. The number of halogens is 1. The number of pyridine rings is 2. The second kappa shape index (κ2) is 10.1. The number of aromatic nitrogens is 2. The Bertz CT molecular complexity index is 1070. The Labute approximate surface area is 179 Å². The van der Waals surface area contributed by atoms with E-state index in [2.05, 4.69) is 25.9 Å². The topological polar surface area (TPSA) is 122 Å². The largest absolute Gasteiger partial charge is 0.380 e. The molecular weight excluding hydrogens is 399 g/mol. The lowest BCUT2D eigenvalue weighted by molar-refractivity contribution is -0.116. The molecule has 8 nitrogen and oxygen atoms in total. The molecule has 3 rings (SSSR count). The van der Waals surface area contributed by atoms with Crippen LogP contribution in [0, 0.1) is 5.82 Å². The van der Waals surface area contributed by atoms with Gasteiger partial charge in [-0.05, 0) is 42.3 Å². The summed E-state index contributed by atoms with van der Waals surface area (Å²) < 4.78 is 13.3. The Morgan fingerprint density at radius 1 is 1.06 bits per heavy atom. The van der Waals surface area contributed by atoms with Gasteiger partial charge in [-0.1, -0.05) is 6.92 Å². The molecule has 0 spiro atoms. The maximum absolute atomic E-state index is 13.3. The molecule has 0 aliphatic heterocycles. The van der Waals surface area contributed by atoms with Crippen molar-refractivity contribution >= 4 is 34.7 Å². The quantitative estimate of drug-likeness (QED) is 0.416. The first-order valence-electron chi connectivity index (χ1n) is 9.74. The molecular formula is C22H23FN6O2. The number of rotatable bonds is 9. The highest BCUT2D eigenvalue weighted by atomic mass is 19.1. The number of anilines is 4. The average molecular weight is 422 g/mol. The minimum absolute atomic E-state index is 0.0314. The summed E-state index contributed by atoms with van der Waals surface area (Å²) in [4.78, 5) is 31.5. The zero-order chi connectivity index (χ0) is 22.2. The van der Waals surface area contributed by atoms with Crippen LogP contribution in [0.3, 0.4) is 0 Å². The SMILES string of the molecule is CCCC(=O)Nc1ccc(Nc2cc(NCc3cncc(F)c3)c(C(N)=O)cn2)cc1. The van der Waals surface area contributed by atoms with Crippen LogP contribution in [0.15, 0.2) is 55.0 Å². The summed E-state index contributed by atoms with van der Waals surface area (Å²) in [6, 6.07) is 10.2. The van der Waals surface area contributed by atoms with Crippen LogP contribution in [-0.4, -0.2) is 21.8 Å². The first-order chi connectivity index (χ1) is 14.9. The maximum Gasteiger partial charge on any atom is 0.252 e. The molecule has 2 aromatic heterocycles. The second-order valence-electron chi connectivity index (χ2n) is 6.84. The molecule has 0 aliphatic carbocycles. The summed E-state index contributed by atoms with van der Waals surface area (Å²) in [5, 5.41) is 9.03. The van der Waals surface area contributed by atoms with E-state index in [0.717, 1.165) is 18.3 Å². The van der Waals surface area contributed by atoms with Gasteiger partial charge in [-0.3, -0.25) is 14.6 Å². The molecule has 3 aromatic rings. The van der Waals surface area contributed by atoms with E-state index in [1.165, 1.54) is 18.5 Å². The third-order valence-corrected chi connectivity index (χ3v) is 4.33. The molecule has 160 valence electrons. The molecule has 0 aliphatic rings. The van der Waals surface area contributed by atoms with Crippen molar-refractivity contribution in [3.05, 3.63) is 71.9 Å². The summed E-state index contributed by atoms with van der Waals surface area (Å²) in [6.07, 6.45) is 5.27. The van der Waals surface area contributed by atoms with E-state index in [-0.39, 0.29) is 18.0 Å². The standard InChI is InChI=1S/C22H23FN6O2/c1-2-3-21(30)29-17-6-4-16(5-7-17)28-20-9-19(18(13-27-20)22(24)31)26-11-14-8-15(23)12-25-10-14/h4-10,12-13H,2-3,11H2,1H3,(H2,24,31)(H,29,30)(H2,26,27,28). The predicted octanol–water partition coefficient (Wildman–Crippen LogP) is 3.81. The lowest BCUT2D eigenvalue weighted by Gasteiger charge is -2.13. The van der Waals surface area contributed by atoms with Gasteiger partial charge in [0.15, 0.2) is 0 Å². The van der Waals surface area contributed by atoms with Crippen LogP contribution in [0.25, 0.3) is 0 Å². The van der Waals surface area contributed by atoms with Gasteiger partial charge in [-0.25, -0.2) is 9.37 Å². The number of hydrogen-bond acceptors (Lipinski definition) is 6. The number of nitrogens with two attached hydrogens (primary N) is 1. The number of primary amides is 1. The summed E-state index contributed by atoms with van der Waals surface area (Å²) in [7, 11) is 0. The maximum atomic E-state index is 13.3. The first kappa shape index (κ1) is 21.7. The molecule has 0 atom stereocenters. The second-order valence-corrected chi connectivity index (χ2v) is 6.84. The van der Waals surface area contributed by atoms with E-state index in [1.54, 1.807) is 30.3 Å². The Kier molecular flexibility index (Phi) is 7.10. The van der Waals surface area contributed by atoms with Crippen LogP contribution in [-0.2, 0) is 11.3 Å². The van der Waals surface area contributed by atoms with E-state index < -0.39 is 11.7 Å².